The van der Waals surface area contributed by atoms with E-state index in [-0.39, 0.29) is 17.9 Å². The summed E-state index contributed by atoms with van der Waals surface area (Å²) in [4.78, 5) is 18.2. The Morgan fingerprint density at radius 2 is 2.15 bits per heavy atom. The first-order chi connectivity index (χ1) is 12.5. The monoisotopic (exact) mass is 362 g/mol. The molecule has 1 unspecified atom stereocenters. The summed E-state index contributed by atoms with van der Waals surface area (Å²) in [6.45, 7) is 6.52. The summed E-state index contributed by atoms with van der Waals surface area (Å²) in [7, 11) is 3.37. The number of hydrogen-bond donors (Lipinski definition) is 2. The second-order valence-electron chi connectivity index (χ2n) is 6.60. The third kappa shape index (κ3) is 5.82. The van der Waals surface area contributed by atoms with E-state index in [0.29, 0.717) is 13.2 Å². The third-order valence-electron chi connectivity index (χ3n) is 4.26. The van der Waals surface area contributed by atoms with Gasteiger partial charge in [0.2, 0.25) is 5.91 Å². The molecular formula is C19H30N4O3. The Hall–Kier alpha value is -2.44. The van der Waals surface area contributed by atoms with Crippen LogP contribution in [0.15, 0.2) is 29.3 Å². The molecule has 1 aromatic rings. The highest BCUT2D eigenvalue weighted by molar-refractivity contribution is 5.81. The summed E-state index contributed by atoms with van der Waals surface area (Å²) in [5, 5.41) is 6.62. The van der Waals surface area contributed by atoms with Crippen molar-refractivity contribution in [3.8, 4) is 11.5 Å². The van der Waals surface area contributed by atoms with E-state index in [1.54, 1.807) is 14.2 Å². The zero-order valence-corrected chi connectivity index (χ0v) is 16.1. The normalized spacial score (nSPS) is 17.3. The lowest BCUT2D eigenvalue weighted by atomic mass is 10.2. The van der Waals surface area contributed by atoms with Crippen LogP contribution in [-0.2, 0) is 4.79 Å². The summed E-state index contributed by atoms with van der Waals surface area (Å²) in [6.07, 6.45) is 0.930. The second-order valence-corrected chi connectivity index (χ2v) is 6.60. The molecule has 1 aliphatic rings. The van der Waals surface area contributed by atoms with E-state index in [2.05, 4.69) is 15.6 Å². The lowest BCUT2D eigenvalue weighted by Gasteiger charge is -2.20. The molecule has 2 rings (SSSR count). The molecule has 26 heavy (non-hydrogen) atoms. The van der Waals surface area contributed by atoms with Gasteiger partial charge in [-0.25, -0.2) is 0 Å². The van der Waals surface area contributed by atoms with Crippen LogP contribution in [-0.4, -0.2) is 63.2 Å². The van der Waals surface area contributed by atoms with Crippen molar-refractivity contribution in [3.63, 3.8) is 0 Å². The number of amides is 1. The zero-order valence-electron chi connectivity index (χ0n) is 16.1. The molecule has 0 saturated carbocycles. The number of carbonyl (C=O) groups excluding carboxylic acids is 1. The van der Waals surface area contributed by atoms with E-state index in [1.165, 1.54) is 0 Å². The number of rotatable bonds is 7. The molecule has 1 aromatic carbocycles. The number of nitrogens with one attached hydrogen (secondary N) is 2. The van der Waals surface area contributed by atoms with Gasteiger partial charge in [-0.15, -0.1) is 0 Å². The van der Waals surface area contributed by atoms with Gasteiger partial charge in [0.15, 0.2) is 5.96 Å². The Bertz CT molecular complexity index is 619. The van der Waals surface area contributed by atoms with E-state index in [4.69, 9.17) is 9.47 Å². The lowest BCUT2D eigenvalue weighted by molar-refractivity contribution is -0.133. The highest BCUT2D eigenvalue weighted by Crippen LogP contribution is 2.18. The van der Waals surface area contributed by atoms with Crippen molar-refractivity contribution in [3.05, 3.63) is 24.3 Å². The number of carbonyl (C=O) groups is 1. The summed E-state index contributed by atoms with van der Waals surface area (Å²) >= 11 is 0. The molecule has 0 aliphatic carbocycles. The van der Waals surface area contributed by atoms with Gasteiger partial charge in [-0.2, -0.15) is 0 Å². The maximum absolute atomic E-state index is 12.1. The average molecular weight is 362 g/mol. The molecule has 1 aliphatic heterocycles. The van der Waals surface area contributed by atoms with E-state index >= 15 is 0 Å². The van der Waals surface area contributed by atoms with Gasteiger partial charge in [0.25, 0.3) is 0 Å². The minimum absolute atomic E-state index is 0.0416. The van der Waals surface area contributed by atoms with Gasteiger partial charge in [0.05, 0.1) is 13.7 Å². The van der Waals surface area contributed by atoms with Gasteiger partial charge in [-0.1, -0.05) is 19.9 Å². The SMILES string of the molecule is CN=C(NCCOc1cccc(OC)c1)NC1CCN(C(=O)C(C)C)C1. The molecule has 0 aromatic heterocycles. The Labute approximate surface area is 155 Å². The molecule has 1 amide bonds. The van der Waals surface area contributed by atoms with Gasteiger partial charge in [0, 0.05) is 38.2 Å². The van der Waals surface area contributed by atoms with Crippen molar-refractivity contribution in [2.45, 2.75) is 26.3 Å². The number of benzene rings is 1. The first-order valence-corrected chi connectivity index (χ1v) is 9.06. The van der Waals surface area contributed by atoms with Crippen molar-refractivity contribution in [2.24, 2.45) is 10.9 Å². The first-order valence-electron chi connectivity index (χ1n) is 9.06. The van der Waals surface area contributed by atoms with Gasteiger partial charge >= 0.3 is 0 Å². The standard InChI is InChI=1S/C19H30N4O3/c1-14(2)18(24)23-10-8-15(13-23)22-19(20-3)21-9-11-26-17-7-5-6-16(12-17)25-4/h5-7,12,14-15H,8-11,13H2,1-4H3,(H2,20,21,22). The minimum Gasteiger partial charge on any atom is -0.497 e. The molecule has 144 valence electrons. The Balaban J connectivity index is 1.70. The van der Waals surface area contributed by atoms with Crippen molar-refractivity contribution in [1.29, 1.82) is 0 Å². The van der Waals surface area contributed by atoms with E-state index in [9.17, 15) is 4.79 Å². The molecule has 7 heteroatoms. The van der Waals surface area contributed by atoms with Crippen molar-refractivity contribution < 1.29 is 14.3 Å². The molecule has 1 atom stereocenters. The predicted octanol–water partition coefficient (Wildman–Crippen LogP) is 1.50. The molecular weight excluding hydrogens is 332 g/mol. The summed E-state index contributed by atoms with van der Waals surface area (Å²) < 4.78 is 10.9. The Kier molecular flexibility index (Phi) is 7.56. The summed E-state index contributed by atoms with van der Waals surface area (Å²) in [5.74, 6) is 2.52. The number of aliphatic imine (C=N–C) groups is 1. The lowest BCUT2D eigenvalue weighted by Crippen LogP contribution is -2.46. The number of hydrogen-bond acceptors (Lipinski definition) is 4. The van der Waals surface area contributed by atoms with Crippen LogP contribution in [0.4, 0.5) is 0 Å². The average Bonchev–Trinajstić information content (AvgIpc) is 3.12. The van der Waals surface area contributed by atoms with Crippen LogP contribution in [0.25, 0.3) is 0 Å². The third-order valence-corrected chi connectivity index (χ3v) is 4.26. The van der Waals surface area contributed by atoms with Crippen LogP contribution in [0.5, 0.6) is 11.5 Å². The Morgan fingerprint density at radius 3 is 2.85 bits per heavy atom. The Morgan fingerprint density at radius 1 is 1.38 bits per heavy atom. The molecule has 0 spiro atoms. The van der Waals surface area contributed by atoms with E-state index in [0.717, 1.165) is 37.0 Å². The zero-order chi connectivity index (χ0) is 18.9. The fourth-order valence-corrected chi connectivity index (χ4v) is 2.86. The van der Waals surface area contributed by atoms with Gasteiger partial charge < -0.3 is 25.0 Å². The van der Waals surface area contributed by atoms with Crippen molar-refractivity contribution in [2.75, 3.05) is 40.4 Å². The van der Waals surface area contributed by atoms with Crippen molar-refractivity contribution >= 4 is 11.9 Å². The van der Waals surface area contributed by atoms with Crippen LogP contribution < -0.4 is 20.1 Å². The molecule has 0 radical (unpaired) electrons. The van der Waals surface area contributed by atoms with Gasteiger partial charge in [0.1, 0.15) is 18.1 Å². The van der Waals surface area contributed by atoms with Crippen LogP contribution in [0.1, 0.15) is 20.3 Å². The van der Waals surface area contributed by atoms with E-state index < -0.39 is 0 Å². The number of nitrogens with zero attached hydrogens (tertiary/aromatic N) is 2. The van der Waals surface area contributed by atoms with Crippen LogP contribution >= 0.6 is 0 Å². The number of ether oxygens (including phenoxy) is 2. The van der Waals surface area contributed by atoms with Crippen LogP contribution in [0, 0.1) is 5.92 Å². The van der Waals surface area contributed by atoms with Crippen molar-refractivity contribution in [1.82, 2.24) is 15.5 Å². The highest BCUT2D eigenvalue weighted by Gasteiger charge is 2.27. The second kappa shape index (κ2) is 9.89. The number of guanidine groups is 1. The number of likely N-dealkylation sites (tertiary alicyclic amines) is 1. The predicted molar refractivity (Wildman–Crippen MR) is 103 cm³/mol. The molecule has 1 heterocycles. The molecule has 1 fully saturated rings. The maximum Gasteiger partial charge on any atom is 0.225 e. The summed E-state index contributed by atoms with van der Waals surface area (Å²) in [6, 6.07) is 7.75. The highest BCUT2D eigenvalue weighted by atomic mass is 16.5. The first kappa shape index (κ1) is 19.9. The van der Waals surface area contributed by atoms with E-state index in [1.807, 2.05) is 43.0 Å². The molecule has 2 N–H and O–H groups in total. The molecule has 1 saturated heterocycles. The largest absolute Gasteiger partial charge is 0.497 e. The molecule has 7 nitrogen and oxygen atoms in total. The smallest absolute Gasteiger partial charge is 0.225 e. The topological polar surface area (TPSA) is 75.2 Å². The maximum atomic E-state index is 12.1. The quantitative estimate of drug-likeness (QED) is 0.437. The van der Waals surface area contributed by atoms with Gasteiger partial charge in [-0.05, 0) is 18.6 Å². The fourth-order valence-electron chi connectivity index (χ4n) is 2.86. The van der Waals surface area contributed by atoms with Crippen LogP contribution in [0.3, 0.4) is 0 Å². The van der Waals surface area contributed by atoms with Crippen LogP contribution in [0.2, 0.25) is 0 Å². The fraction of sp³-hybridized carbons (Fsp3) is 0.579. The van der Waals surface area contributed by atoms with Gasteiger partial charge in [-0.3, -0.25) is 9.79 Å². The molecule has 0 bridgehead atoms. The summed E-state index contributed by atoms with van der Waals surface area (Å²) in [5.41, 5.74) is 0. The number of methoxy groups -OCH3 is 1. The minimum atomic E-state index is 0.0416.